The number of hydrogen-bond donors (Lipinski definition) is 2. The van der Waals surface area contributed by atoms with E-state index in [4.69, 9.17) is 4.55 Å². The Kier molecular flexibility index (Phi) is 3.79. The molecule has 0 heterocycles. The summed E-state index contributed by atoms with van der Waals surface area (Å²) >= 11 is -1.86. The Morgan fingerprint density at radius 1 is 1.43 bits per heavy atom. The van der Waals surface area contributed by atoms with Crippen LogP contribution in [0.2, 0.25) is 0 Å². The van der Waals surface area contributed by atoms with Gasteiger partial charge in [-0.25, -0.2) is 4.21 Å². The smallest absolute Gasteiger partial charge is 0.172 e. The van der Waals surface area contributed by atoms with Gasteiger partial charge in [-0.15, -0.1) is 0 Å². The van der Waals surface area contributed by atoms with Crippen molar-refractivity contribution in [3.05, 3.63) is 29.8 Å². The minimum Gasteiger partial charge on any atom is -0.372 e. The van der Waals surface area contributed by atoms with Crippen LogP contribution in [-0.2, 0) is 11.1 Å². The molecule has 14 heavy (non-hydrogen) atoms. The van der Waals surface area contributed by atoms with Crippen molar-refractivity contribution in [3.8, 4) is 0 Å². The summed E-state index contributed by atoms with van der Waals surface area (Å²) in [5.41, 5.74) is 1.35. The van der Waals surface area contributed by atoms with Crippen LogP contribution in [0.15, 0.2) is 24.3 Å². The van der Waals surface area contributed by atoms with Gasteiger partial charge in [0.1, 0.15) is 5.88 Å². The van der Waals surface area contributed by atoms with E-state index in [1.54, 1.807) is 24.3 Å². The zero-order chi connectivity index (χ0) is 10.6. The monoisotopic (exact) mass is 213 g/mol. The van der Waals surface area contributed by atoms with Crippen molar-refractivity contribution in [1.82, 2.24) is 0 Å². The number of carbonyl (C=O) groups is 1. The van der Waals surface area contributed by atoms with Gasteiger partial charge in [0.2, 0.25) is 0 Å². The van der Waals surface area contributed by atoms with Crippen LogP contribution in [0.4, 0.5) is 5.69 Å². The Balaban J connectivity index is 2.64. The molecule has 1 atom stereocenters. The van der Waals surface area contributed by atoms with Crippen molar-refractivity contribution in [2.45, 2.75) is 6.92 Å². The quantitative estimate of drug-likeness (QED) is 0.587. The van der Waals surface area contributed by atoms with E-state index >= 15 is 0 Å². The van der Waals surface area contributed by atoms with E-state index in [-0.39, 0.29) is 11.7 Å². The third-order valence-corrected chi connectivity index (χ3v) is 2.08. The number of rotatable bonds is 4. The van der Waals surface area contributed by atoms with Crippen LogP contribution in [0.3, 0.4) is 0 Å². The molecular weight excluding hydrogens is 202 g/mol. The van der Waals surface area contributed by atoms with E-state index in [0.29, 0.717) is 5.56 Å². The average molecular weight is 213 g/mol. The lowest BCUT2D eigenvalue weighted by Crippen LogP contribution is -2.06. The second kappa shape index (κ2) is 4.88. The van der Waals surface area contributed by atoms with Crippen LogP contribution in [0.5, 0.6) is 0 Å². The van der Waals surface area contributed by atoms with E-state index in [1.807, 2.05) is 0 Å². The highest BCUT2D eigenvalue weighted by Crippen LogP contribution is 2.09. The molecule has 0 aliphatic heterocycles. The molecule has 1 unspecified atom stereocenters. The summed E-state index contributed by atoms with van der Waals surface area (Å²) < 4.78 is 18.9. The first-order valence-electron chi connectivity index (χ1n) is 4.02. The zero-order valence-electron chi connectivity index (χ0n) is 7.69. The largest absolute Gasteiger partial charge is 0.372 e. The number of nitrogens with one attached hydrogen (secondary N) is 1. The highest BCUT2D eigenvalue weighted by atomic mass is 32.2. The van der Waals surface area contributed by atoms with Crippen molar-refractivity contribution < 1.29 is 13.6 Å². The molecule has 1 rings (SSSR count). The average Bonchev–Trinajstić information content (AvgIpc) is 2.15. The highest BCUT2D eigenvalue weighted by Gasteiger charge is 1.99. The maximum atomic E-state index is 10.9. The van der Waals surface area contributed by atoms with E-state index in [1.165, 1.54) is 6.92 Å². The molecule has 0 spiro atoms. The summed E-state index contributed by atoms with van der Waals surface area (Å²) in [6.45, 7) is 1.49. The summed E-state index contributed by atoms with van der Waals surface area (Å²) in [6.07, 6.45) is 0. The summed E-state index contributed by atoms with van der Waals surface area (Å²) in [6, 6.07) is 6.74. The molecule has 2 N–H and O–H groups in total. The SMILES string of the molecule is CC(=O)c1ccc(NCS(=O)O)cc1. The Morgan fingerprint density at radius 2 is 2.00 bits per heavy atom. The standard InChI is InChI=1S/C9H11NO3S/c1-7(11)8-2-4-9(5-3-8)10-6-14(12)13/h2-5,10H,6H2,1H3,(H,12,13). The molecule has 0 saturated carbocycles. The van der Waals surface area contributed by atoms with Crippen LogP contribution in [-0.4, -0.2) is 20.4 Å². The maximum Gasteiger partial charge on any atom is 0.172 e. The number of hydrogen-bond acceptors (Lipinski definition) is 3. The van der Waals surface area contributed by atoms with Crippen molar-refractivity contribution in [1.29, 1.82) is 0 Å². The predicted molar refractivity (Wildman–Crippen MR) is 55.7 cm³/mol. The Bertz CT molecular complexity index is 348. The molecule has 0 fully saturated rings. The normalized spacial score (nSPS) is 12.1. The third-order valence-electron chi connectivity index (χ3n) is 1.69. The van der Waals surface area contributed by atoms with Crippen LogP contribution in [0, 0.1) is 0 Å². The second-order valence-electron chi connectivity index (χ2n) is 2.78. The Hall–Kier alpha value is -1.20. The van der Waals surface area contributed by atoms with E-state index in [0.717, 1.165) is 5.69 Å². The van der Waals surface area contributed by atoms with Crippen molar-refractivity contribution in [3.63, 3.8) is 0 Å². The van der Waals surface area contributed by atoms with Gasteiger partial charge in [0.15, 0.2) is 16.9 Å². The fraction of sp³-hybridized carbons (Fsp3) is 0.222. The van der Waals surface area contributed by atoms with Gasteiger partial charge in [-0.05, 0) is 31.2 Å². The molecule has 0 saturated heterocycles. The van der Waals surface area contributed by atoms with E-state index in [9.17, 15) is 9.00 Å². The molecular formula is C9H11NO3S. The molecule has 76 valence electrons. The number of ketones is 1. The van der Waals surface area contributed by atoms with Gasteiger partial charge in [-0.3, -0.25) is 4.79 Å². The summed E-state index contributed by atoms with van der Waals surface area (Å²) in [5, 5.41) is 2.75. The topological polar surface area (TPSA) is 66.4 Å². The Morgan fingerprint density at radius 3 is 2.43 bits per heavy atom. The van der Waals surface area contributed by atoms with E-state index < -0.39 is 11.1 Å². The molecule has 4 nitrogen and oxygen atoms in total. The van der Waals surface area contributed by atoms with Gasteiger partial charge in [0.25, 0.3) is 0 Å². The third kappa shape index (κ3) is 3.27. The second-order valence-corrected chi connectivity index (χ2v) is 3.71. The number of anilines is 1. The van der Waals surface area contributed by atoms with Crippen LogP contribution in [0.25, 0.3) is 0 Å². The molecule has 0 amide bonds. The minimum absolute atomic E-state index is 0.00212. The summed E-state index contributed by atoms with van der Waals surface area (Å²) in [4.78, 5) is 10.9. The Labute approximate surface area is 84.6 Å². The lowest BCUT2D eigenvalue weighted by atomic mass is 10.1. The minimum atomic E-state index is -1.86. The fourth-order valence-electron chi connectivity index (χ4n) is 0.968. The molecule has 0 bridgehead atoms. The zero-order valence-corrected chi connectivity index (χ0v) is 8.50. The molecule has 0 aliphatic carbocycles. The summed E-state index contributed by atoms with van der Waals surface area (Å²) in [5.74, 6) is -0.0124. The lowest BCUT2D eigenvalue weighted by molar-refractivity contribution is 0.101. The fourth-order valence-corrected chi connectivity index (χ4v) is 1.26. The number of Topliss-reactive ketones (excluding diaryl/α,β-unsaturated/α-hetero) is 1. The van der Waals surface area contributed by atoms with Crippen molar-refractivity contribution in [2.75, 3.05) is 11.2 Å². The highest BCUT2D eigenvalue weighted by molar-refractivity contribution is 7.79. The van der Waals surface area contributed by atoms with Crippen LogP contribution < -0.4 is 5.32 Å². The van der Waals surface area contributed by atoms with Gasteiger partial charge < -0.3 is 9.87 Å². The molecule has 1 aromatic carbocycles. The first-order chi connectivity index (χ1) is 6.59. The van der Waals surface area contributed by atoms with Crippen molar-refractivity contribution in [2.24, 2.45) is 0 Å². The van der Waals surface area contributed by atoms with Gasteiger partial charge in [0, 0.05) is 11.3 Å². The predicted octanol–water partition coefficient (Wildman–Crippen LogP) is 1.48. The van der Waals surface area contributed by atoms with E-state index in [2.05, 4.69) is 5.32 Å². The number of benzene rings is 1. The van der Waals surface area contributed by atoms with Gasteiger partial charge in [-0.2, -0.15) is 0 Å². The molecule has 5 heteroatoms. The van der Waals surface area contributed by atoms with Gasteiger partial charge >= 0.3 is 0 Å². The van der Waals surface area contributed by atoms with Crippen molar-refractivity contribution >= 4 is 22.6 Å². The summed E-state index contributed by atoms with van der Waals surface area (Å²) in [7, 11) is 0. The molecule has 1 aromatic rings. The first-order valence-corrected chi connectivity index (χ1v) is 5.29. The first kappa shape index (κ1) is 10.9. The molecule has 0 radical (unpaired) electrons. The van der Waals surface area contributed by atoms with Crippen LogP contribution >= 0.6 is 0 Å². The number of carbonyl (C=O) groups excluding carboxylic acids is 1. The van der Waals surface area contributed by atoms with Gasteiger partial charge in [-0.1, -0.05) is 0 Å². The maximum absolute atomic E-state index is 10.9. The van der Waals surface area contributed by atoms with Gasteiger partial charge in [0.05, 0.1) is 0 Å². The molecule has 0 aliphatic rings. The van der Waals surface area contributed by atoms with Crippen LogP contribution in [0.1, 0.15) is 17.3 Å². The molecule has 0 aromatic heterocycles. The lowest BCUT2D eigenvalue weighted by Gasteiger charge is -2.03.